The first-order valence-corrected chi connectivity index (χ1v) is 21.1. The third-order valence-corrected chi connectivity index (χ3v) is 12.2. The van der Waals surface area contributed by atoms with Crippen LogP contribution in [0.1, 0.15) is 52.0 Å². The van der Waals surface area contributed by atoms with Crippen LogP contribution in [0.5, 0.6) is 5.75 Å². The van der Waals surface area contributed by atoms with Crippen molar-refractivity contribution in [2.24, 2.45) is 0 Å². The third-order valence-electron chi connectivity index (χ3n) is 10.4. The first-order valence-electron chi connectivity index (χ1n) is 18.1. The molecule has 3 aliphatic rings. The number of methoxy groups -OCH3 is 1. The number of para-hydroxylation sites is 1. The number of hydrogen-bond acceptors (Lipinski definition) is 12. The standard InChI is InChI=1S/C39H41ClFN8O6P/c1-47(21-22-9-11-25-33(34(22)41)38(53)49(37(25)52)29-13-14-32(50)45-36(29)51)23-15-17-48(18-16-23)24-10-12-27(30(19-24)55-2)44-39-42-20-26(40)35(46-39)43-28-7-5-6-8-31(28)56(3,4)54/h5-12,19-20,23,29H,13-18,21H2,1-4H3,(H,45,50,51)(H2,42,43,44,46). The van der Waals surface area contributed by atoms with Crippen molar-refractivity contribution in [2.75, 3.05) is 56.1 Å². The largest absolute Gasteiger partial charge is 0.494 e. The molecule has 3 N–H and O–H groups in total. The van der Waals surface area contributed by atoms with E-state index in [-0.39, 0.29) is 48.1 Å². The average molecular weight is 803 g/mol. The Bertz CT molecular complexity index is 2300. The smallest absolute Gasteiger partial charge is 0.265 e. The molecule has 14 nitrogen and oxygen atoms in total. The minimum absolute atomic E-state index is 0.00150. The number of ether oxygens (including phenoxy) is 1. The van der Waals surface area contributed by atoms with Crippen molar-refractivity contribution in [3.8, 4) is 5.75 Å². The maximum Gasteiger partial charge on any atom is 0.265 e. The normalized spacial score (nSPS) is 17.7. The number of piperidine rings is 2. The number of nitrogens with one attached hydrogen (secondary N) is 3. The van der Waals surface area contributed by atoms with Gasteiger partial charge in [0.15, 0.2) is 5.82 Å². The van der Waals surface area contributed by atoms with Crippen LogP contribution < -0.4 is 30.9 Å². The average Bonchev–Trinajstić information content (AvgIpc) is 3.43. The van der Waals surface area contributed by atoms with Crippen molar-refractivity contribution >= 4 is 76.5 Å². The number of anilines is 5. The van der Waals surface area contributed by atoms with Crippen LogP contribution in [0.25, 0.3) is 0 Å². The Labute approximate surface area is 328 Å². The fraction of sp³-hybridized carbons (Fsp3) is 0.333. The summed E-state index contributed by atoms with van der Waals surface area (Å²) in [5.41, 5.74) is 2.11. The molecule has 0 bridgehead atoms. The van der Waals surface area contributed by atoms with Crippen molar-refractivity contribution in [2.45, 2.75) is 44.3 Å². The van der Waals surface area contributed by atoms with E-state index in [2.05, 4.69) is 30.8 Å². The number of fused-ring (bicyclic) bond motifs is 1. The number of amides is 4. The van der Waals surface area contributed by atoms with Crippen LogP contribution in [0.4, 0.5) is 33.2 Å². The highest BCUT2D eigenvalue weighted by Gasteiger charge is 2.46. The van der Waals surface area contributed by atoms with Crippen LogP contribution in [0, 0.1) is 5.82 Å². The van der Waals surface area contributed by atoms with Crippen molar-refractivity contribution in [3.05, 3.63) is 88.3 Å². The molecule has 3 aromatic carbocycles. The lowest BCUT2D eigenvalue weighted by molar-refractivity contribution is -0.136. The van der Waals surface area contributed by atoms with Crippen LogP contribution >= 0.6 is 18.7 Å². The number of carbonyl (C=O) groups is 4. The molecule has 0 radical (unpaired) electrons. The summed E-state index contributed by atoms with van der Waals surface area (Å²) in [6.45, 7) is 5.08. The fourth-order valence-corrected chi connectivity index (χ4v) is 8.73. The van der Waals surface area contributed by atoms with Gasteiger partial charge in [0.25, 0.3) is 11.8 Å². The van der Waals surface area contributed by atoms with Gasteiger partial charge in [-0.2, -0.15) is 4.98 Å². The summed E-state index contributed by atoms with van der Waals surface area (Å²) in [7, 11) is 0.910. The minimum atomic E-state index is -2.58. The number of rotatable bonds is 11. The number of nitrogens with zero attached hydrogens (tertiary/aromatic N) is 5. The van der Waals surface area contributed by atoms with E-state index in [0.29, 0.717) is 33.3 Å². The molecule has 292 valence electrons. The molecule has 17 heteroatoms. The lowest BCUT2D eigenvalue weighted by atomic mass is 10.0. The lowest BCUT2D eigenvalue weighted by Gasteiger charge is -2.38. The minimum Gasteiger partial charge on any atom is -0.494 e. The summed E-state index contributed by atoms with van der Waals surface area (Å²) in [4.78, 5) is 64.4. The molecule has 1 unspecified atom stereocenters. The zero-order valence-electron chi connectivity index (χ0n) is 31.3. The summed E-state index contributed by atoms with van der Waals surface area (Å²) in [6, 6.07) is 15.1. The quantitative estimate of drug-likeness (QED) is 0.129. The molecule has 3 aliphatic heterocycles. The van der Waals surface area contributed by atoms with Crippen LogP contribution in [-0.4, -0.2) is 96.1 Å². The van der Waals surface area contributed by atoms with E-state index in [1.165, 1.54) is 18.3 Å². The molecule has 56 heavy (non-hydrogen) atoms. The molecule has 7 rings (SSSR count). The lowest BCUT2D eigenvalue weighted by Crippen LogP contribution is -2.54. The van der Waals surface area contributed by atoms with Gasteiger partial charge < -0.3 is 24.8 Å². The summed E-state index contributed by atoms with van der Waals surface area (Å²) in [5, 5.41) is 9.56. The second-order valence-corrected chi connectivity index (χ2v) is 18.0. The highest BCUT2D eigenvalue weighted by molar-refractivity contribution is 7.70. The molecule has 0 saturated carbocycles. The molecule has 0 spiro atoms. The van der Waals surface area contributed by atoms with Gasteiger partial charge in [-0.1, -0.05) is 29.8 Å². The number of imide groups is 2. The Kier molecular flexibility index (Phi) is 10.9. The highest BCUT2D eigenvalue weighted by Crippen LogP contribution is 2.39. The van der Waals surface area contributed by atoms with Gasteiger partial charge in [0.05, 0.1) is 35.8 Å². The van der Waals surface area contributed by atoms with Gasteiger partial charge >= 0.3 is 0 Å². The van der Waals surface area contributed by atoms with Gasteiger partial charge in [0, 0.05) is 54.7 Å². The van der Waals surface area contributed by atoms with E-state index in [1.54, 1.807) is 20.4 Å². The summed E-state index contributed by atoms with van der Waals surface area (Å²) >= 11 is 6.45. The fourth-order valence-electron chi connectivity index (χ4n) is 7.44. The number of aromatic nitrogens is 2. The number of carbonyl (C=O) groups excluding carboxylic acids is 4. The molecule has 1 aromatic heterocycles. The molecule has 2 fully saturated rings. The van der Waals surface area contributed by atoms with Gasteiger partial charge in [0.2, 0.25) is 17.8 Å². The monoisotopic (exact) mass is 802 g/mol. The highest BCUT2D eigenvalue weighted by atomic mass is 35.5. The SMILES string of the molecule is COc1cc(N2CCC(N(C)Cc3ccc4c(c3F)C(=O)N(C3CCC(=O)NC3=O)C4=O)CC2)ccc1Nc1ncc(Cl)c(Nc2ccccc2P(C)(C)=O)n1. The zero-order chi connectivity index (χ0) is 39.9. The Hall–Kier alpha value is -5.37. The molecule has 0 aliphatic carbocycles. The summed E-state index contributed by atoms with van der Waals surface area (Å²) < 4.78 is 34.5. The van der Waals surface area contributed by atoms with Gasteiger partial charge in [-0.3, -0.25) is 34.3 Å². The van der Waals surface area contributed by atoms with Crippen LogP contribution in [0.3, 0.4) is 0 Å². The van der Waals surface area contributed by atoms with Gasteiger partial charge in [0.1, 0.15) is 29.8 Å². The van der Waals surface area contributed by atoms with E-state index in [1.807, 2.05) is 54.4 Å². The molecule has 4 amide bonds. The Morgan fingerprint density at radius 3 is 2.46 bits per heavy atom. The van der Waals surface area contributed by atoms with Crippen molar-refractivity contribution in [3.63, 3.8) is 0 Å². The van der Waals surface area contributed by atoms with E-state index in [4.69, 9.17) is 16.3 Å². The molecule has 4 aromatic rings. The second kappa shape index (κ2) is 15.6. The van der Waals surface area contributed by atoms with E-state index in [0.717, 1.165) is 36.5 Å². The first-order chi connectivity index (χ1) is 26.7. The van der Waals surface area contributed by atoms with Crippen molar-refractivity contribution < 1.29 is 32.9 Å². The Morgan fingerprint density at radius 2 is 1.75 bits per heavy atom. The van der Waals surface area contributed by atoms with Crippen LogP contribution in [0.15, 0.2) is 60.8 Å². The first kappa shape index (κ1) is 38.9. The molecule has 1 atom stereocenters. The van der Waals surface area contributed by atoms with Crippen LogP contribution in [-0.2, 0) is 20.7 Å². The van der Waals surface area contributed by atoms with E-state index < -0.39 is 42.6 Å². The molecular weight excluding hydrogens is 762 g/mol. The predicted octanol–water partition coefficient (Wildman–Crippen LogP) is 5.51. The summed E-state index contributed by atoms with van der Waals surface area (Å²) in [6.07, 6.45) is 3.04. The Balaban J connectivity index is 0.982. The van der Waals surface area contributed by atoms with E-state index >= 15 is 4.39 Å². The topological polar surface area (TPSA) is 166 Å². The predicted molar refractivity (Wildman–Crippen MR) is 212 cm³/mol. The van der Waals surface area contributed by atoms with Crippen molar-refractivity contribution in [1.82, 2.24) is 25.1 Å². The van der Waals surface area contributed by atoms with Crippen LogP contribution in [0.2, 0.25) is 5.02 Å². The maximum absolute atomic E-state index is 15.9. The Morgan fingerprint density at radius 1 is 1.00 bits per heavy atom. The zero-order valence-corrected chi connectivity index (χ0v) is 32.9. The molecule has 2 saturated heterocycles. The maximum atomic E-state index is 15.9. The second-order valence-electron chi connectivity index (χ2n) is 14.4. The van der Waals surface area contributed by atoms with Gasteiger partial charge in [-0.15, -0.1) is 0 Å². The van der Waals surface area contributed by atoms with Crippen molar-refractivity contribution in [1.29, 1.82) is 0 Å². The molecular formula is C39H41ClFN8O6P. The van der Waals surface area contributed by atoms with Gasteiger partial charge in [-0.05, 0) is 70.0 Å². The number of benzene rings is 3. The number of hydrogen-bond donors (Lipinski definition) is 3. The summed E-state index contributed by atoms with van der Waals surface area (Å²) in [5.74, 6) is -2.38. The molecule has 4 heterocycles. The van der Waals surface area contributed by atoms with Gasteiger partial charge in [-0.25, -0.2) is 9.37 Å². The number of halogens is 2. The van der Waals surface area contributed by atoms with E-state index in [9.17, 15) is 23.7 Å². The third kappa shape index (κ3) is 7.71.